The second kappa shape index (κ2) is 8.23. The molecule has 11 heteroatoms. The molecule has 1 amide bonds. The number of carbonyl (C=O) groups is 1. The first-order chi connectivity index (χ1) is 14.7. The highest BCUT2D eigenvalue weighted by Crippen LogP contribution is 2.26. The number of piperidine rings is 1. The Morgan fingerprint density at radius 3 is 2.61 bits per heavy atom. The molecule has 2 aromatic heterocycles. The minimum absolute atomic E-state index is 0.0302. The van der Waals surface area contributed by atoms with Crippen molar-refractivity contribution >= 4 is 21.9 Å². The van der Waals surface area contributed by atoms with Gasteiger partial charge in [-0.3, -0.25) is 14.8 Å². The van der Waals surface area contributed by atoms with E-state index in [9.17, 15) is 13.2 Å². The van der Waals surface area contributed by atoms with Crippen LogP contribution in [0.4, 0.5) is 6.01 Å². The lowest BCUT2D eigenvalue weighted by atomic mass is 9.99. The number of hydrogen-bond acceptors (Lipinski definition) is 7. The molecule has 31 heavy (non-hydrogen) atoms. The van der Waals surface area contributed by atoms with Gasteiger partial charge in [0.15, 0.2) is 0 Å². The van der Waals surface area contributed by atoms with Crippen LogP contribution in [0.3, 0.4) is 0 Å². The van der Waals surface area contributed by atoms with Crippen molar-refractivity contribution in [3.8, 4) is 11.6 Å². The zero-order valence-corrected chi connectivity index (χ0v) is 18.4. The van der Waals surface area contributed by atoms with E-state index in [1.165, 1.54) is 4.31 Å². The van der Waals surface area contributed by atoms with Crippen LogP contribution in [0.2, 0.25) is 0 Å². The van der Waals surface area contributed by atoms with Crippen molar-refractivity contribution in [2.24, 2.45) is 13.0 Å². The molecule has 1 aliphatic heterocycles. The van der Waals surface area contributed by atoms with E-state index < -0.39 is 15.9 Å². The smallest absolute Gasteiger partial charge is 0.322 e. The number of aromatic nitrogens is 4. The monoisotopic (exact) mass is 444 g/mol. The molecular weight excluding hydrogens is 420 g/mol. The fourth-order valence-electron chi connectivity index (χ4n) is 3.63. The van der Waals surface area contributed by atoms with Gasteiger partial charge in [-0.2, -0.15) is 9.40 Å². The summed E-state index contributed by atoms with van der Waals surface area (Å²) in [6.07, 6.45) is 1.17. The number of carbonyl (C=O) groups excluding carboxylic acids is 1. The van der Waals surface area contributed by atoms with Gasteiger partial charge in [-0.1, -0.05) is 22.8 Å². The van der Waals surface area contributed by atoms with E-state index in [-0.39, 0.29) is 29.3 Å². The van der Waals surface area contributed by atoms with Crippen molar-refractivity contribution in [1.82, 2.24) is 24.3 Å². The van der Waals surface area contributed by atoms with Crippen LogP contribution in [0.25, 0.3) is 11.6 Å². The first-order valence-electron chi connectivity index (χ1n) is 9.96. The van der Waals surface area contributed by atoms with Gasteiger partial charge < -0.3 is 4.42 Å². The van der Waals surface area contributed by atoms with Crippen molar-refractivity contribution < 1.29 is 17.6 Å². The van der Waals surface area contributed by atoms with E-state index in [2.05, 4.69) is 20.6 Å². The van der Waals surface area contributed by atoms with Crippen molar-refractivity contribution in [3.05, 3.63) is 41.6 Å². The lowest BCUT2D eigenvalue weighted by molar-refractivity contribution is -0.121. The number of rotatable bonds is 5. The normalized spacial score (nSPS) is 17.6. The number of anilines is 1. The summed E-state index contributed by atoms with van der Waals surface area (Å²) in [5, 5.41) is 14.7. The maximum atomic E-state index is 13.0. The number of sulfonamides is 1. The van der Waals surface area contributed by atoms with Gasteiger partial charge in [0.1, 0.15) is 5.69 Å². The van der Waals surface area contributed by atoms with Gasteiger partial charge in [0.05, 0.1) is 16.5 Å². The van der Waals surface area contributed by atoms with Crippen LogP contribution in [0.15, 0.2) is 39.6 Å². The van der Waals surface area contributed by atoms with Gasteiger partial charge in [-0.15, -0.1) is 5.10 Å². The zero-order chi connectivity index (χ0) is 22.2. The molecule has 0 bridgehead atoms. The van der Waals surface area contributed by atoms with Crippen molar-refractivity contribution in [2.75, 3.05) is 18.4 Å². The minimum Gasteiger partial charge on any atom is -0.401 e. The van der Waals surface area contributed by atoms with Crippen LogP contribution >= 0.6 is 0 Å². The largest absolute Gasteiger partial charge is 0.401 e. The van der Waals surface area contributed by atoms with E-state index in [0.29, 0.717) is 25.1 Å². The third kappa shape index (κ3) is 4.37. The van der Waals surface area contributed by atoms with Gasteiger partial charge in [-0.25, -0.2) is 8.42 Å². The van der Waals surface area contributed by atoms with E-state index in [4.69, 9.17) is 4.42 Å². The molecule has 1 aliphatic rings. The topological polar surface area (TPSA) is 123 Å². The molecular formula is C20H24N6O4S. The summed E-state index contributed by atoms with van der Waals surface area (Å²) in [5.41, 5.74) is 2.42. The summed E-state index contributed by atoms with van der Waals surface area (Å²) in [7, 11) is -1.90. The van der Waals surface area contributed by atoms with Gasteiger partial charge in [-0.05, 0) is 44.9 Å². The third-order valence-corrected chi connectivity index (χ3v) is 7.17. The fraction of sp³-hybridized carbons (Fsp3) is 0.400. The summed E-state index contributed by atoms with van der Waals surface area (Å²) in [6.45, 7) is 4.23. The van der Waals surface area contributed by atoms with Gasteiger partial charge in [0, 0.05) is 20.1 Å². The van der Waals surface area contributed by atoms with Gasteiger partial charge >= 0.3 is 6.01 Å². The average Bonchev–Trinajstić information content (AvgIpc) is 3.33. The van der Waals surface area contributed by atoms with E-state index in [1.807, 2.05) is 13.8 Å². The standard InChI is InChI=1S/C20H24N6O4S/c1-13-6-8-16(9-7-13)31(28,29)26-10-4-5-15(12-26)18(27)21-20-23-22-19(30-20)17-11-14(2)24-25(17)3/h6-9,11,15H,4-5,10,12H2,1-3H3,(H,21,23,27). The Hall–Kier alpha value is -3.05. The molecule has 1 atom stereocenters. The maximum Gasteiger partial charge on any atom is 0.322 e. The van der Waals surface area contributed by atoms with Crippen LogP contribution in [-0.4, -0.2) is 51.7 Å². The Kier molecular flexibility index (Phi) is 5.63. The molecule has 0 radical (unpaired) electrons. The Balaban J connectivity index is 1.45. The Bertz CT molecular complexity index is 1200. The Morgan fingerprint density at radius 1 is 1.19 bits per heavy atom. The van der Waals surface area contributed by atoms with Gasteiger partial charge in [0.2, 0.25) is 15.9 Å². The van der Waals surface area contributed by atoms with Crippen LogP contribution in [0.5, 0.6) is 0 Å². The minimum atomic E-state index is -3.66. The number of nitrogens with zero attached hydrogens (tertiary/aromatic N) is 5. The van der Waals surface area contributed by atoms with Crippen molar-refractivity contribution in [3.63, 3.8) is 0 Å². The Labute approximate surface area is 180 Å². The molecule has 1 fully saturated rings. The summed E-state index contributed by atoms with van der Waals surface area (Å²) in [6, 6.07) is 8.48. The summed E-state index contributed by atoms with van der Waals surface area (Å²) in [4.78, 5) is 13.0. The Morgan fingerprint density at radius 2 is 1.94 bits per heavy atom. The highest BCUT2D eigenvalue weighted by Gasteiger charge is 2.33. The number of aryl methyl sites for hydroxylation is 3. The molecule has 3 aromatic rings. The van der Waals surface area contributed by atoms with E-state index in [0.717, 1.165) is 11.3 Å². The van der Waals surface area contributed by atoms with E-state index in [1.54, 1.807) is 42.1 Å². The molecule has 1 unspecified atom stereocenters. The highest BCUT2D eigenvalue weighted by atomic mass is 32.2. The summed E-state index contributed by atoms with van der Waals surface area (Å²) in [5.74, 6) is -0.617. The predicted octanol–water partition coefficient (Wildman–Crippen LogP) is 2.13. The number of amides is 1. The molecule has 1 N–H and O–H groups in total. The summed E-state index contributed by atoms with van der Waals surface area (Å²) < 4.78 is 34.5. The maximum absolute atomic E-state index is 13.0. The lowest BCUT2D eigenvalue weighted by Gasteiger charge is -2.30. The average molecular weight is 445 g/mol. The first-order valence-corrected chi connectivity index (χ1v) is 11.4. The molecule has 4 rings (SSSR count). The number of nitrogens with one attached hydrogen (secondary N) is 1. The SMILES string of the molecule is Cc1ccc(S(=O)(=O)N2CCCC(C(=O)Nc3nnc(-c4cc(C)nn4C)o3)C2)cc1. The predicted molar refractivity (Wildman–Crippen MR) is 113 cm³/mol. The molecule has 164 valence electrons. The van der Waals surface area contributed by atoms with Crippen LogP contribution in [0.1, 0.15) is 24.1 Å². The number of benzene rings is 1. The molecule has 1 saturated heterocycles. The second-order valence-electron chi connectivity index (χ2n) is 7.71. The molecule has 3 heterocycles. The molecule has 1 aromatic carbocycles. The second-order valence-corrected chi connectivity index (χ2v) is 9.65. The highest BCUT2D eigenvalue weighted by molar-refractivity contribution is 7.89. The summed E-state index contributed by atoms with van der Waals surface area (Å²) >= 11 is 0. The zero-order valence-electron chi connectivity index (χ0n) is 17.6. The molecule has 0 saturated carbocycles. The fourth-order valence-corrected chi connectivity index (χ4v) is 5.15. The van der Waals surface area contributed by atoms with Crippen LogP contribution in [0, 0.1) is 19.8 Å². The van der Waals surface area contributed by atoms with Crippen molar-refractivity contribution in [2.45, 2.75) is 31.6 Å². The third-order valence-electron chi connectivity index (χ3n) is 5.29. The van der Waals surface area contributed by atoms with Crippen molar-refractivity contribution in [1.29, 1.82) is 0 Å². The molecule has 10 nitrogen and oxygen atoms in total. The molecule has 0 spiro atoms. The molecule has 0 aliphatic carbocycles. The van der Waals surface area contributed by atoms with Crippen LogP contribution < -0.4 is 5.32 Å². The van der Waals surface area contributed by atoms with Gasteiger partial charge in [0.25, 0.3) is 5.89 Å². The first kappa shape index (κ1) is 21.2. The van der Waals surface area contributed by atoms with E-state index >= 15 is 0 Å². The quantitative estimate of drug-likeness (QED) is 0.639. The van der Waals surface area contributed by atoms with Crippen LogP contribution in [-0.2, 0) is 21.9 Å². The number of hydrogen-bond donors (Lipinski definition) is 1. The lowest BCUT2D eigenvalue weighted by Crippen LogP contribution is -2.43.